The van der Waals surface area contributed by atoms with Crippen LogP contribution in [-0.2, 0) is 6.54 Å². The van der Waals surface area contributed by atoms with E-state index in [1.165, 1.54) is 12.3 Å². The third-order valence-electron chi connectivity index (χ3n) is 2.04. The van der Waals surface area contributed by atoms with Crippen molar-refractivity contribution < 1.29 is 8.91 Å². The van der Waals surface area contributed by atoms with E-state index in [4.69, 9.17) is 5.73 Å². The number of nitrogens with one attached hydrogen (secondary N) is 1. The summed E-state index contributed by atoms with van der Waals surface area (Å²) in [4.78, 5) is 0. The molecule has 1 aromatic heterocycles. The van der Waals surface area contributed by atoms with Crippen LogP contribution in [0.3, 0.4) is 0 Å². The predicted molar refractivity (Wildman–Crippen MR) is 67.4 cm³/mol. The van der Waals surface area contributed by atoms with Gasteiger partial charge in [0.2, 0.25) is 0 Å². The second-order valence-electron chi connectivity index (χ2n) is 3.20. The summed E-state index contributed by atoms with van der Waals surface area (Å²) >= 11 is 1.90. The largest absolute Gasteiger partial charge is 0.397 e. The van der Waals surface area contributed by atoms with Crippen LogP contribution in [-0.4, -0.2) is 5.16 Å². The van der Waals surface area contributed by atoms with E-state index in [1.54, 1.807) is 12.1 Å². The van der Waals surface area contributed by atoms with Crippen molar-refractivity contribution in [2.45, 2.75) is 6.54 Å². The van der Waals surface area contributed by atoms with Crippen molar-refractivity contribution >= 4 is 34.0 Å². The van der Waals surface area contributed by atoms with Crippen molar-refractivity contribution in [1.29, 1.82) is 0 Å². The molecule has 0 radical (unpaired) electrons. The summed E-state index contributed by atoms with van der Waals surface area (Å²) in [5.41, 5.74) is 7.55. The Bertz CT molecular complexity index is 487. The standard InChI is InChI=1S/C10H9FIN3O/c11-7-3-10(9(13)4-8(7)12)14-5-6-1-2-16-15-6/h1-4,14H,5,13H2. The first kappa shape index (κ1) is 11.2. The Labute approximate surface area is 105 Å². The molecule has 2 aromatic rings. The maximum atomic E-state index is 13.3. The summed E-state index contributed by atoms with van der Waals surface area (Å²) < 4.78 is 18.5. The zero-order chi connectivity index (χ0) is 11.5. The van der Waals surface area contributed by atoms with Gasteiger partial charge in [0.15, 0.2) is 0 Å². The van der Waals surface area contributed by atoms with Gasteiger partial charge in [-0.15, -0.1) is 0 Å². The number of aromatic nitrogens is 1. The van der Waals surface area contributed by atoms with Gasteiger partial charge in [-0.3, -0.25) is 0 Å². The van der Waals surface area contributed by atoms with Crippen LogP contribution >= 0.6 is 22.6 Å². The number of nitrogens with two attached hydrogens (primary N) is 1. The number of halogens is 2. The van der Waals surface area contributed by atoms with Gasteiger partial charge in [-0.1, -0.05) is 5.16 Å². The second-order valence-corrected chi connectivity index (χ2v) is 4.36. The maximum Gasteiger partial charge on any atom is 0.138 e. The van der Waals surface area contributed by atoms with Crippen molar-refractivity contribution in [2.24, 2.45) is 0 Å². The SMILES string of the molecule is Nc1cc(I)c(F)cc1NCc1ccon1. The highest BCUT2D eigenvalue weighted by molar-refractivity contribution is 14.1. The van der Waals surface area contributed by atoms with Gasteiger partial charge in [-0.25, -0.2) is 4.39 Å². The molecule has 1 heterocycles. The molecule has 2 rings (SSSR count). The van der Waals surface area contributed by atoms with Gasteiger partial charge in [-0.2, -0.15) is 0 Å². The van der Waals surface area contributed by atoms with Crippen LogP contribution in [0.4, 0.5) is 15.8 Å². The third kappa shape index (κ3) is 2.43. The van der Waals surface area contributed by atoms with Crippen molar-refractivity contribution in [2.75, 3.05) is 11.1 Å². The molecule has 1 aromatic carbocycles. The molecule has 0 saturated heterocycles. The molecule has 3 N–H and O–H groups in total. The topological polar surface area (TPSA) is 64.1 Å². The van der Waals surface area contributed by atoms with Gasteiger partial charge in [0.05, 0.1) is 21.5 Å². The number of rotatable bonds is 3. The fourth-order valence-electron chi connectivity index (χ4n) is 1.23. The lowest BCUT2D eigenvalue weighted by Crippen LogP contribution is -2.03. The number of nitrogen functional groups attached to an aromatic ring is 1. The first-order valence-electron chi connectivity index (χ1n) is 4.54. The summed E-state index contributed by atoms with van der Waals surface area (Å²) in [5.74, 6) is -0.294. The van der Waals surface area contributed by atoms with Crippen LogP contribution in [0.15, 0.2) is 29.0 Å². The Kier molecular flexibility index (Phi) is 3.28. The Morgan fingerprint density at radius 2 is 2.31 bits per heavy atom. The van der Waals surface area contributed by atoms with Gasteiger partial charge in [0.25, 0.3) is 0 Å². The van der Waals surface area contributed by atoms with Crippen molar-refractivity contribution in [3.63, 3.8) is 0 Å². The Morgan fingerprint density at radius 3 is 3.00 bits per heavy atom. The van der Waals surface area contributed by atoms with E-state index in [1.807, 2.05) is 22.6 Å². The summed E-state index contributed by atoms with van der Waals surface area (Å²) in [6.45, 7) is 0.445. The molecule has 0 atom stereocenters. The Morgan fingerprint density at radius 1 is 1.50 bits per heavy atom. The Balaban J connectivity index is 2.12. The molecular weight excluding hydrogens is 324 g/mol. The lowest BCUT2D eigenvalue weighted by molar-refractivity contribution is 0.412. The van der Waals surface area contributed by atoms with Gasteiger partial charge < -0.3 is 15.6 Å². The van der Waals surface area contributed by atoms with E-state index in [0.29, 0.717) is 21.5 Å². The average molecular weight is 333 g/mol. The smallest absolute Gasteiger partial charge is 0.138 e. The van der Waals surface area contributed by atoms with E-state index in [0.717, 1.165) is 5.69 Å². The molecule has 6 heteroatoms. The highest BCUT2D eigenvalue weighted by atomic mass is 127. The summed E-state index contributed by atoms with van der Waals surface area (Å²) in [5, 5.41) is 6.72. The minimum Gasteiger partial charge on any atom is -0.397 e. The van der Waals surface area contributed by atoms with Crippen LogP contribution < -0.4 is 11.1 Å². The van der Waals surface area contributed by atoms with Crippen LogP contribution in [0, 0.1) is 9.39 Å². The van der Waals surface area contributed by atoms with Crippen molar-refractivity contribution in [3.8, 4) is 0 Å². The molecule has 0 bridgehead atoms. The summed E-state index contributed by atoms with van der Waals surface area (Å²) in [6.07, 6.45) is 1.48. The zero-order valence-corrected chi connectivity index (χ0v) is 10.4. The zero-order valence-electron chi connectivity index (χ0n) is 8.21. The van der Waals surface area contributed by atoms with E-state index < -0.39 is 0 Å². The molecule has 0 unspecified atom stereocenters. The molecule has 0 aliphatic heterocycles. The molecule has 0 aliphatic carbocycles. The van der Waals surface area contributed by atoms with Gasteiger partial charge in [0, 0.05) is 12.1 Å². The number of nitrogens with zero attached hydrogens (tertiary/aromatic N) is 1. The van der Waals surface area contributed by atoms with Crippen LogP contribution in [0.2, 0.25) is 0 Å². The fraction of sp³-hybridized carbons (Fsp3) is 0.100. The molecule has 0 aliphatic rings. The van der Waals surface area contributed by atoms with Gasteiger partial charge >= 0.3 is 0 Å². The van der Waals surface area contributed by atoms with Crippen LogP contribution in [0.5, 0.6) is 0 Å². The molecule has 0 fully saturated rings. The molecule has 0 saturated carbocycles. The van der Waals surface area contributed by atoms with Crippen molar-refractivity contribution in [3.05, 3.63) is 39.5 Å². The number of anilines is 2. The normalized spacial score (nSPS) is 10.4. The lowest BCUT2D eigenvalue weighted by atomic mass is 10.2. The summed E-state index contributed by atoms with van der Waals surface area (Å²) in [6, 6.07) is 4.68. The highest BCUT2D eigenvalue weighted by Gasteiger charge is 2.06. The second kappa shape index (κ2) is 4.69. The Hall–Kier alpha value is -1.31. The fourth-order valence-corrected chi connectivity index (χ4v) is 1.72. The maximum absolute atomic E-state index is 13.3. The van der Waals surface area contributed by atoms with E-state index in [9.17, 15) is 4.39 Å². The van der Waals surface area contributed by atoms with E-state index in [-0.39, 0.29) is 5.82 Å². The first-order valence-corrected chi connectivity index (χ1v) is 5.62. The van der Waals surface area contributed by atoms with Crippen LogP contribution in [0.25, 0.3) is 0 Å². The minimum absolute atomic E-state index is 0.294. The van der Waals surface area contributed by atoms with Gasteiger partial charge in [-0.05, 0) is 28.7 Å². The molecular formula is C10H9FIN3O. The average Bonchev–Trinajstić information content (AvgIpc) is 2.74. The van der Waals surface area contributed by atoms with Crippen LogP contribution in [0.1, 0.15) is 5.69 Å². The quantitative estimate of drug-likeness (QED) is 0.670. The van der Waals surface area contributed by atoms with Gasteiger partial charge in [0.1, 0.15) is 17.8 Å². The minimum atomic E-state index is -0.294. The molecule has 0 amide bonds. The lowest BCUT2D eigenvalue weighted by Gasteiger charge is -2.08. The van der Waals surface area contributed by atoms with Crippen molar-refractivity contribution in [1.82, 2.24) is 5.16 Å². The third-order valence-corrected chi connectivity index (χ3v) is 2.87. The number of benzene rings is 1. The van der Waals surface area contributed by atoms with E-state index in [2.05, 4.69) is 15.0 Å². The molecule has 84 valence electrons. The molecule has 0 spiro atoms. The summed E-state index contributed by atoms with van der Waals surface area (Å²) in [7, 11) is 0. The number of hydrogen-bond donors (Lipinski definition) is 2. The number of hydrogen-bond acceptors (Lipinski definition) is 4. The predicted octanol–water partition coefficient (Wildman–Crippen LogP) is 2.61. The molecule has 4 nitrogen and oxygen atoms in total. The first-order chi connectivity index (χ1) is 7.66. The monoisotopic (exact) mass is 333 g/mol. The molecule has 16 heavy (non-hydrogen) atoms. The van der Waals surface area contributed by atoms with E-state index >= 15 is 0 Å². The highest BCUT2D eigenvalue weighted by Crippen LogP contribution is 2.24.